The molecule has 0 spiro atoms. The van der Waals surface area contributed by atoms with Gasteiger partial charge in [0, 0.05) is 6.54 Å². The van der Waals surface area contributed by atoms with E-state index in [0.29, 0.717) is 6.54 Å². The second-order valence-electron chi connectivity index (χ2n) is 3.48. The van der Waals surface area contributed by atoms with E-state index in [2.05, 4.69) is 4.72 Å². The van der Waals surface area contributed by atoms with Gasteiger partial charge in [-0.05, 0) is 6.42 Å². The van der Waals surface area contributed by atoms with Gasteiger partial charge in [0.2, 0.25) is 10.0 Å². The topological polar surface area (TPSA) is 80.3 Å². The highest BCUT2D eigenvalue weighted by molar-refractivity contribution is 7.97. The second kappa shape index (κ2) is 4.63. The first-order valence-corrected chi connectivity index (χ1v) is 8.07. The Hall–Kier alpha value is -0.400. The molecule has 0 aromatic heterocycles. The van der Waals surface area contributed by atoms with Crippen LogP contribution in [-0.4, -0.2) is 34.9 Å². The fraction of sp³-hybridized carbons (Fsp3) is 0.750. The summed E-state index contributed by atoms with van der Waals surface area (Å²) in [7, 11) is -6.79. The van der Waals surface area contributed by atoms with E-state index in [-0.39, 0.29) is 16.4 Å². The standard InChI is InChI=1S/C8H15NO4S2/c1-2-3-5-9-15(12,13)8-4-6-14(10,11)7-8/h4,9H,2-3,5-7H2,1H3. The number of sulfonamides is 1. The molecule has 0 aromatic carbocycles. The SMILES string of the molecule is CCCCNS(=O)(=O)C1=CCS(=O)(=O)C1. The lowest BCUT2D eigenvalue weighted by Gasteiger charge is -2.05. The molecule has 0 amide bonds. The number of sulfone groups is 1. The molecule has 0 aromatic rings. The van der Waals surface area contributed by atoms with Crippen LogP contribution in [0.25, 0.3) is 0 Å². The summed E-state index contributed by atoms with van der Waals surface area (Å²) in [6, 6.07) is 0. The molecule has 0 fully saturated rings. The minimum atomic E-state index is -3.57. The first kappa shape index (κ1) is 12.7. The average Bonchev–Trinajstić information content (AvgIpc) is 2.47. The van der Waals surface area contributed by atoms with Crippen LogP contribution >= 0.6 is 0 Å². The predicted molar refractivity (Wildman–Crippen MR) is 58.6 cm³/mol. The smallest absolute Gasteiger partial charge is 0.228 e. The zero-order valence-corrected chi connectivity index (χ0v) is 10.2. The molecule has 0 atom stereocenters. The van der Waals surface area contributed by atoms with Gasteiger partial charge in [0.05, 0.1) is 16.4 Å². The Labute approximate surface area is 90.5 Å². The molecular weight excluding hydrogens is 238 g/mol. The summed E-state index contributed by atoms with van der Waals surface area (Å²) in [5, 5.41) is 0. The van der Waals surface area contributed by atoms with Crippen molar-refractivity contribution in [2.75, 3.05) is 18.1 Å². The number of nitrogens with one attached hydrogen (secondary N) is 1. The van der Waals surface area contributed by atoms with Crippen LogP contribution in [0, 0.1) is 0 Å². The van der Waals surface area contributed by atoms with Gasteiger partial charge in [-0.25, -0.2) is 21.6 Å². The highest BCUT2D eigenvalue weighted by Crippen LogP contribution is 2.16. The molecule has 0 radical (unpaired) electrons. The second-order valence-corrected chi connectivity index (χ2v) is 7.41. The minimum Gasteiger partial charge on any atom is -0.228 e. The lowest BCUT2D eigenvalue weighted by Crippen LogP contribution is -2.27. The summed E-state index contributed by atoms with van der Waals surface area (Å²) in [6.07, 6.45) is 2.91. The van der Waals surface area contributed by atoms with Crippen molar-refractivity contribution in [3.8, 4) is 0 Å². The maximum absolute atomic E-state index is 11.6. The molecule has 0 aliphatic carbocycles. The third-order valence-electron chi connectivity index (χ3n) is 2.09. The monoisotopic (exact) mass is 253 g/mol. The zero-order chi connectivity index (χ0) is 11.5. The first-order valence-electron chi connectivity index (χ1n) is 4.76. The van der Waals surface area contributed by atoms with Gasteiger partial charge in [0.25, 0.3) is 0 Å². The molecule has 15 heavy (non-hydrogen) atoms. The number of hydrogen-bond donors (Lipinski definition) is 1. The summed E-state index contributed by atoms with van der Waals surface area (Å²) in [4.78, 5) is -0.0152. The van der Waals surface area contributed by atoms with Crippen LogP contribution in [0.1, 0.15) is 19.8 Å². The normalized spacial score (nSPS) is 20.2. The molecule has 1 N–H and O–H groups in total. The highest BCUT2D eigenvalue weighted by Gasteiger charge is 2.28. The Morgan fingerprint density at radius 2 is 2.13 bits per heavy atom. The van der Waals surface area contributed by atoms with E-state index in [0.717, 1.165) is 12.8 Å². The summed E-state index contributed by atoms with van der Waals surface area (Å²) >= 11 is 0. The Morgan fingerprint density at radius 3 is 2.60 bits per heavy atom. The molecule has 88 valence electrons. The van der Waals surface area contributed by atoms with Gasteiger partial charge in [0.15, 0.2) is 9.84 Å². The summed E-state index contributed by atoms with van der Waals surface area (Å²) < 4.78 is 47.6. The fourth-order valence-corrected chi connectivity index (χ4v) is 4.51. The average molecular weight is 253 g/mol. The van der Waals surface area contributed by atoms with Crippen LogP contribution in [0.15, 0.2) is 11.0 Å². The Bertz CT molecular complexity index is 447. The van der Waals surface area contributed by atoms with Crippen molar-refractivity contribution >= 4 is 19.9 Å². The van der Waals surface area contributed by atoms with Crippen LogP contribution in [-0.2, 0) is 19.9 Å². The predicted octanol–water partition coefficient (Wildman–Crippen LogP) is 0.0182. The van der Waals surface area contributed by atoms with Gasteiger partial charge in [0.1, 0.15) is 0 Å². The molecule has 1 heterocycles. The van der Waals surface area contributed by atoms with Gasteiger partial charge >= 0.3 is 0 Å². The van der Waals surface area contributed by atoms with Crippen LogP contribution in [0.3, 0.4) is 0 Å². The lowest BCUT2D eigenvalue weighted by molar-refractivity contribution is 0.583. The van der Waals surface area contributed by atoms with Crippen LogP contribution in [0.4, 0.5) is 0 Å². The summed E-state index contributed by atoms with van der Waals surface area (Å²) in [5.41, 5.74) is 0. The third kappa shape index (κ3) is 3.58. The van der Waals surface area contributed by atoms with Crippen LogP contribution < -0.4 is 4.72 Å². The molecule has 1 rings (SSSR count). The van der Waals surface area contributed by atoms with E-state index in [1.54, 1.807) is 0 Å². The van der Waals surface area contributed by atoms with Crippen LogP contribution in [0.2, 0.25) is 0 Å². The lowest BCUT2D eigenvalue weighted by atomic mass is 10.3. The fourth-order valence-electron chi connectivity index (χ4n) is 1.22. The van der Waals surface area contributed by atoms with E-state index in [9.17, 15) is 16.8 Å². The number of hydrogen-bond acceptors (Lipinski definition) is 4. The Morgan fingerprint density at radius 1 is 1.47 bits per heavy atom. The van der Waals surface area contributed by atoms with Gasteiger partial charge in [-0.2, -0.15) is 0 Å². The van der Waals surface area contributed by atoms with Crippen molar-refractivity contribution in [3.05, 3.63) is 11.0 Å². The van der Waals surface area contributed by atoms with Crippen LogP contribution in [0.5, 0.6) is 0 Å². The largest absolute Gasteiger partial charge is 0.237 e. The molecule has 0 saturated heterocycles. The molecule has 0 saturated carbocycles. The third-order valence-corrected chi connectivity index (χ3v) is 5.29. The van der Waals surface area contributed by atoms with Gasteiger partial charge in [-0.1, -0.05) is 19.4 Å². The van der Waals surface area contributed by atoms with E-state index in [4.69, 9.17) is 0 Å². The number of rotatable bonds is 5. The van der Waals surface area contributed by atoms with Gasteiger partial charge < -0.3 is 0 Å². The maximum atomic E-state index is 11.6. The molecule has 1 aliphatic heterocycles. The van der Waals surface area contributed by atoms with E-state index in [1.807, 2.05) is 6.92 Å². The quantitative estimate of drug-likeness (QED) is 0.700. The van der Waals surface area contributed by atoms with Crippen molar-refractivity contribution < 1.29 is 16.8 Å². The molecule has 7 heteroatoms. The van der Waals surface area contributed by atoms with Crippen molar-refractivity contribution in [2.45, 2.75) is 19.8 Å². The zero-order valence-electron chi connectivity index (χ0n) is 8.56. The van der Waals surface area contributed by atoms with Crippen molar-refractivity contribution in [2.24, 2.45) is 0 Å². The van der Waals surface area contributed by atoms with E-state index in [1.165, 1.54) is 6.08 Å². The molecule has 5 nitrogen and oxygen atoms in total. The van der Waals surface area contributed by atoms with Gasteiger partial charge in [-0.3, -0.25) is 0 Å². The number of unbranched alkanes of at least 4 members (excludes halogenated alkanes) is 1. The molecular formula is C8H15NO4S2. The molecule has 0 bridgehead atoms. The summed E-state index contributed by atoms with van der Waals surface area (Å²) in [6.45, 7) is 2.31. The van der Waals surface area contributed by atoms with Crippen molar-refractivity contribution in [3.63, 3.8) is 0 Å². The van der Waals surface area contributed by atoms with Gasteiger partial charge in [-0.15, -0.1) is 0 Å². The molecule has 0 unspecified atom stereocenters. The highest BCUT2D eigenvalue weighted by atomic mass is 32.2. The minimum absolute atomic E-state index is 0.0152. The Balaban J connectivity index is 2.64. The summed E-state index contributed by atoms with van der Waals surface area (Å²) in [5.74, 6) is -0.536. The maximum Gasteiger partial charge on any atom is 0.237 e. The van der Waals surface area contributed by atoms with Crippen molar-refractivity contribution in [1.29, 1.82) is 0 Å². The molecule has 1 aliphatic rings. The Kier molecular flexibility index (Phi) is 3.91. The first-order chi connectivity index (χ1) is 6.87. The van der Waals surface area contributed by atoms with E-state index < -0.39 is 19.9 Å². The van der Waals surface area contributed by atoms with E-state index >= 15 is 0 Å². The van der Waals surface area contributed by atoms with Crippen molar-refractivity contribution in [1.82, 2.24) is 4.72 Å².